The van der Waals surface area contributed by atoms with Gasteiger partial charge in [0, 0.05) is 43.8 Å². The molecule has 0 aliphatic carbocycles. The minimum absolute atomic E-state index is 0.133. The van der Waals surface area contributed by atoms with Crippen molar-refractivity contribution < 1.29 is 5.11 Å². The van der Waals surface area contributed by atoms with Crippen LogP contribution in [0.2, 0.25) is 0 Å². The van der Waals surface area contributed by atoms with E-state index in [1.54, 1.807) is 12.1 Å². The Morgan fingerprint density at radius 1 is 0.390 bits per heavy atom. The summed E-state index contributed by atoms with van der Waals surface area (Å²) in [6.07, 6.45) is 0. The van der Waals surface area contributed by atoms with Gasteiger partial charge in [0.2, 0.25) is 0 Å². The molecule has 0 saturated heterocycles. The molecule has 5 heterocycles. The molecule has 7 aromatic rings. The molecule has 192 valence electrons. The molecular weight excluding hydrogens is 512 g/mol. The van der Waals surface area contributed by atoms with Crippen LogP contribution in [-0.2, 0) is 0 Å². The van der Waals surface area contributed by atoms with Crippen molar-refractivity contribution in [3.05, 3.63) is 91.0 Å². The average molecular weight is 531 g/mol. The molecule has 0 amide bonds. The quantitative estimate of drug-likeness (QED) is 0.202. The molecule has 3 aromatic heterocycles. The molecule has 0 atom stereocenters. The zero-order chi connectivity index (χ0) is 27.1. The standard InChI is InChI=1S/C32H18N8O/c41-16-13-14-23-24(15-16)32-39-30-22-12-6-5-11-21(22)28(37-30)35-26-18-8-2-1-7-17(18)25(33-26)34-27-19-9-3-4-10-20(19)29(36-27)38-31(23)40-32/h1-15,41H,(H2,33,34,35,36,37,38,39,40). The highest BCUT2D eigenvalue weighted by Crippen LogP contribution is 2.37. The van der Waals surface area contributed by atoms with E-state index >= 15 is 0 Å². The van der Waals surface area contributed by atoms with Crippen molar-refractivity contribution in [1.29, 1.82) is 0 Å². The molecule has 2 aliphatic rings. The van der Waals surface area contributed by atoms with E-state index in [1.807, 2.05) is 78.9 Å². The number of aromatic hydroxyl groups is 1. The minimum atomic E-state index is 0.133. The van der Waals surface area contributed by atoms with Crippen LogP contribution < -0.4 is 0 Å². The van der Waals surface area contributed by atoms with Gasteiger partial charge in [-0.25, -0.2) is 29.9 Å². The smallest absolute Gasteiger partial charge is 0.164 e. The van der Waals surface area contributed by atoms with Gasteiger partial charge in [-0.1, -0.05) is 72.8 Å². The summed E-state index contributed by atoms with van der Waals surface area (Å²) < 4.78 is 0. The normalized spacial score (nSPS) is 12.0. The van der Waals surface area contributed by atoms with Crippen molar-refractivity contribution in [2.24, 2.45) is 0 Å². The number of aromatic nitrogens is 8. The molecule has 0 unspecified atom stereocenters. The predicted octanol–water partition coefficient (Wildman–Crippen LogP) is 6.57. The van der Waals surface area contributed by atoms with Gasteiger partial charge in [0.15, 0.2) is 23.3 Å². The van der Waals surface area contributed by atoms with E-state index in [2.05, 4.69) is 9.97 Å². The van der Waals surface area contributed by atoms with Crippen LogP contribution in [0.25, 0.3) is 89.7 Å². The van der Waals surface area contributed by atoms with Gasteiger partial charge < -0.3 is 15.1 Å². The number of benzene rings is 4. The molecule has 0 fully saturated rings. The molecular formula is C32H18N8O. The molecule has 9 nitrogen and oxygen atoms in total. The van der Waals surface area contributed by atoms with Crippen molar-refractivity contribution >= 4 is 44.1 Å². The molecule has 0 spiro atoms. The summed E-state index contributed by atoms with van der Waals surface area (Å²) >= 11 is 0. The first-order chi connectivity index (χ1) is 20.2. The third-order valence-corrected chi connectivity index (χ3v) is 7.54. The fraction of sp³-hybridized carbons (Fsp3) is 0. The number of H-pyrrole nitrogens is 2. The fourth-order valence-corrected chi connectivity index (χ4v) is 5.63. The lowest BCUT2D eigenvalue weighted by Gasteiger charge is -1.96. The van der Waals surface area contributed by atoms with Gasteiger partial charge in [0.05, 0.1) is 0 Å². The van der Waals surface area contributed by atoms with E-state index in [9.17, 15) is 5.11 Å². The molecule has 8 bridgehead atoms. The summed E-state index contributed by atoms with van der Waals surface area (Å²) in [4.78, 5) is 36.4. The number of aromatic amines is 2. The van der Waals surface area contributed by atoms with E-state index in [1.165, 1.54) is 0 Å². The zero-order valence-corrected chi connectivity index (χ0v) is 21.3. The Bertz CT molecular complexity index is 2400. The Kier molecular flexibility index (Phi) is 4.29. The Balaban J connectivity index is 1.51. The monoisotopic (exact) mass is 530 g/mol. The molecule has 9 heteroatoms. The summed E-state index contributed by atoms with van der Waals surface area (Å²) in [7, 11) is 0. The maximum atomic E-state index is 10.3. The summed E-state index contributed by atoms with van der Waals surface area (Å²) in [5.41, 5.74) is 5.93. The van der Waals surface area contributed by atoms with Gasteiger partial charge >= 0.3 is 0 Å². The first-order valence-corrected chi connectivity index (χ1v) is 13.1. The second kappa shape index (κ2) is 8.03. The van der Waals surface area contributed by atoms with Crippen LogP contribution in [0.15, 0.2) is 91.0 Å². The first-order valence-electron chi connectivity index (χ1n) is 13.1. The summed E-state index contributed by atoms with van der Waals surface area (Å²) in [5, 5.41) is 13.7. The summed E-state index contributed by atoms with van der Waals surface area (Å²) in [6, 6.07) is 29.0. The Hall–Kier alpha value is -5.96. The van der Waals surface area contributed by atoms with E-state index in [0.717, 1.165) is 43.8 Å². The molecule has 3 N–H and O–H groups in total. The number of rotatable bonds is 0. The van der Waals surface area contributed by atoms with Crippen molar-refractivity contribution in [3.63, 3.8) is 0 Å². The highest BCUT2D eigenvalue weighted by Gasteiger charge is 2.21. The molecule has 2 aliphatic heterocycles. The third-order valence-electron chi connectivity index (χ3n) is 7.54. The van der Waals surface area contributed by atoms with Gasteiger partial charge in [-0.2, -0.15) is 0 Å². The first kappa shape index (κ1) is 21.9. The fourth-order valence-electron chi connectivity index (χ4n) is 5.63. The SMILES string of the molecule is Oc1ccc2c3nc4nc(nc5[nH]c(nc6nc(nc([nH]3)c2c1)-c1ccccc1-6)c1ccccc51)-c1ccccc1-4. The highest BCUT2D eigenvalue weighted by molar-refractivity contribution is 6.06. The van der Waals surface area contributed by atoms with Crippen LogP contribution in [0.1, 0.15) is 0 Å². The van der Waals surface area contributed by atoms with Crippen molar-refractivity contribution in [1.82, 2.24) is 39.9 Å². The largest absolute Gasteiger partial charge is 0.508 e. The van der Waals surface area contributed by atoms with Crippen molar-refractivity contribution in [2.45, 2.75) is 0 Å². The highest BCUT2D eigenvalue weighted by atomic mass is 16.3. The maximum Gasteiger partial charge on any atom is 0.164 e. The topological polar surface area (TPSA) is 129 Å². The van der Waals surface area contributed by atoms with E-state index < -0.39 is 0 Å². The number of phenolic OH excluding ortho intramolecular Hbond substituents is 1. The van der Waals surface area contributed by atoms with Crippen molar-refractivity contribution in [3.8, 4) is 51.3 Å². The number of hydrogen-bond donors (Lipinski definition) is 3. The number of nitrogens with zero attached hydrogens (tertiary/aromatic N) is 6. The zero-order valence-electron chi connectivity index (χ0n) is 21.3. The lowest BCUT2D eigenvalue weighted by Crippen LogP contribution is -1.82. The number of nitrogens with one attached hydrogen (secondary N) is 2. The van der Waals surface area contributed by atoms with Crippen LogP contribution >= 0.6 is 0 Å². The average Bonchev–Trinajstić information content (AvgIpc) is 3.72. The molecule has 9 rings (SSSR count). The van der Waals surface area contributed by atoms with Gasteiger partial charge in [-0.05, 0) is 18.2 Å². The molecule has 0 saturated carbocycles. The van der Waals surface area contributed by atoms with Gasteiger partial charge in [-0.3, -0.25) is 0 Å². The number of fused-ring (bicyclic) bond motifs is 20. The molecule has 41 heavy (non-hydrogen) atoms. The Morgan fingerprint density at radius 2 is 0.756 bits per heavy atom. The van der Waals surface area contributed by atoms with Crippen LogP contribution in [0.5, 0.6) is 5.75 Å². The van der Waals surface area contributed by atoms with Crippen LogP contribution in [0, 0.1) is 0 Å². The Labute approximate surface area is 231 Å². The predicted molar refractivity (Wildman–Crippen MR) is 158 cm³/mol. The van der Waals surface area contributed by atoms with Crippen LogP contribution in [0.4, 0.5) is 0 Å². The van der Waals surface area contributed by atoms with Gasteiger partial charge in [-0.15, -0.1) is 0 Å². The molecule has 4 aromatic carbocycles. The summed E-state index contributed by atoms with van der Waals surface area (Å²) in [6.45, 7) is 0. The van der Waals surface area contributed by atoms with Gasteiger partial charge in [0.1, 0.15) is 28.3 Å². The Morgan fingerprint density at radius 3 is 1.20 bits per heavy atom. The molecule has 0 radical (unpaired) electrons. The van der Waals surface area contributed by atoms with Crippen LogP contribution in [0.3, 0.4) is 0 Å². The maximum absolute atomic E-state index is 10.3. The lowest BCUT2D eigenvalue weighted by molar-refractivity contribution is 0.476. The van der Waals surface area contributed by atoms with Crippen LogP contribution in [-0.4, -0.2) is 45.0 Å². The van der Waals surface area contributed by atoms with E-state index in [4.69, 9.17) is 29.9 Å². The second-order valence-corrected chi connectivity index (χ2v) is 9.98. The summed E-state index contributed by atoms with van der Waals surface area (Å²) in [5.74, 6) is 2.29. The number of hydrogen-bond acceptors (Lipinski definition) is 7. The lowest BCUT2D eigenvalue weighted by atomic mass is 10.1. The van der Waals surface area contributed by atoms with Gasteiger partial charge in [0.25, 0.3) is 0 Å². The van der Waals surface area contributed by atoms with E-state index in [-0.39, 0.29) is 5.75 Å². The third kappa shape index (κ3) is 3.23. The van der Waals surface area contributed by atoms with E-state index in [0.29, 0.717) is 45.9 Å². The van der Waals surface area contributed by atoms with Crippen molar-refractivity contribution in [2.75, 3.05) is 0 Å². The second-order valence-electron chi connectivity index (χ2n) is 9.98. The minimum Gasteiger partial charge on any atom is -0.508 e. The number of phenols is 1.